The van der Waals surface area contributed by atoms with E-state index in [-0.39, 0.29) is 5.91 Å². The van der Waals surface area contributed by atoms with Crippen LogP contribution in [-0.4, -0.2) is 12.5 Å². The smallest absolute Gasteiger partial charge is 0.251 e. The summed E-state index contributed by atoms with van der Waals surface area (Å²) in [4.78, 5) is 11.9. The zero-order chi connectivity index (χ0) is 12.8. The van der Waals surface area contributed by atoms with Crippen molar-refractivity contribution in [1.29, 1.82) is 0 Å². The molecule has 1 aromatic rings. The molecule has 0 aliphatic carbocycles. The first-order valence-corrected chi connectivity index (χ1v) is 6.84. The highest BCUT2D eigenvalue weighted by atomic mass is 79.9. The number of rotatable bonds is 5. The fourth-order valence-corrected chi connectivity index (χ4v) is 2.01. The number of aryl methyl sites for hydroxylation is 1. The van der Waals surface area contributed by atoms with Crippen molar-refractivity contribution in [3.05, 3.63) is 33.8 Å². The van der Waals surface area contributed by atoms with Gasteiger partial charge in [0.2, 0.25) is 0 Å². The zero-order valence-electron chi connectivity index (χ0n) is 10.7. The minimum absolute atomic E-state index is 0.0209. The van der Waals surface area contributed by atoms with E-state index < -0.39 is 0 Å². The van der Waals surface area contributed by atoms with Gasteiger partial charge in [-0.25, -0.2) is 0 Å². The van der Waals surface area contributed by atoms with Crippen LogP contribution in [0.15, 0.2) is 22.7 Å². The number of halogens is 1. The molecule has 1 rings (SSSR count). The molecule has 2 nitrogen and oxygen atoms in total. The quantitative estimate of drug-likeness (QED) is 0.820. The van der Waals surface area contributed by atoms with Crippen LogP contribution in [0.2, 0.25) is 0 Å². The Balaban J connectivity index is 2.49. The average molecular weight is 298 g/mol. The first kappa shape index (κ1) is 14.2. The fraction of sp³-hybridized carbons (Fsp3) is 0.500. The van der Waals surface area contributed by atoms with Crippen LogP contribution >= 0.6 is 15.9 Å². The van der Waals surface area contributed by atoms with Gasteiger partial charge in [-0.2, -0.15) is 0 Å². The maximum atomic E-state index is 11.9. The Morgan fingerprint density at radius 2 is 2.12 bits per heavy atom. The third-order valence-electron chi connectivity index (χ3n) is 2.69. The second-order valence-electron chi connectivity index (χ2n) is 4.75. The fourth-order valence-electron chi connectivity index (χ4n) is 1.65. The molecular formula is C14H20BrNO. The van der Waals surface area contributed by atoms with E-state index in [1.807, 2.05) is 25.1 Å². The Kier molecular flexibility index (Phi) is 5.69. The Morgan fingerprint density at radius 1 is 1.41 bits per heavy atom. The molecule has 0 saturated carbocycles. The molecule has 0 aliphatic rings. The summed E-state index contributed by atoms with van der Waals surface area (Å²) < 4.78 is 0.940. The van der Waals surface area contributed by atoms with Gasteiger partial charge >= 0.3 is 0 Å². The molecule has 0 spiro atoms. The molecule has 0 heterocycles. The number of carbonyl (C=O) groups excluding carboxylic acids is 1. The summed E-state index contributed by atoms with van der Waals surface area (Å²) in [5.41, 5.74) is 1.76. The molecular weight excluding hydrogens is 278 g/mol. The van der Waals surface area contributed by atoms with Crippen LogP contribution in [0.1, 0.15) is 42.6 Å². The monoisotopic (exact) mass is 297 g/mol. The van der Waals surface area contributed by atoms with E-state index in [1.165, 1.54) is 0 Å². The van der Waals surface area contributed by atoms with Crippen molar-refractivity contribution in [1.82, 2.24) is 5.32 Å². The molecule has 0 aromatic heterocycles. The van der Waals surface area contributed by atoms with E-state index in [0.29, 0.717) is 5.92 Å². The number of benzene rings is 1. The van der Waals surface area contributed by atoms with Crippen LogP contribution in [0.5, 0.6) is 0 Å². The van der Waals surface area contributed by atoms with E-state index >= 15 is 0 Å². The van der Waals surface area contributed by atoms with Gasteiger partial charge in [-0.05, 0) is 43.4 Å². The lowest BCUT2D eigenvalue weighted by Crippen LogP contribution is -2.25. The highest BCUT2D eigenvalue weighted by molar-refractivity contribution is 9.10. The summed E-state index contributed by atoms with van der Waals surface area (Å²) in [6, 6.07) is 5.77. The van der Waals surface area contributed by atoms with Crippen molar-refractivity contribution in [2.75, 3.05) is 6.54 Å². The first-order chi connectivity index (χ1) is 8.00. The van der Waals surface area contributed by atoms with E-state index in [2.05, 4.69) is 35.1 Å². The highest BCUT2D eigenvalue weighted by Gasteiger charge is 2.08. The zero-order valence-corrected chi connectivity index (χ0v) is 12.3. The molecule has 1 N–H and O–H groups in total. The second-order valence-corrected chi connectivity index (χ2v) is 5.67. The van der Waals surface area contributed by atoms with Crippen LogP contribution in [0.4, 0.5) is 0 Å². The van der Waals surface area contributed by atoms with Gasteiger partial charge in [-0.1, -0.05) is 35.8 Å². The third kappa shape index (κ3) is 4.90. The molecule has 3 heteroatoms. The number of hydrogen-bond donors (Lipinski definition) is 1. The summed E-state index contributed by atoms with van der Waals surface area (Å²) in [6.45, 7) is 7.10. The third-order valence-corrected chi connectivity index (χ3v) is 3.18. The van der Waals surface area contributed by atoms with Crippen LogP contribution in [0, 0.1) is 12.8 Å². The molecule has 0 fully saturated rings. The number of amides is 1. The van der Waals surface area contributed by atoms with Gasteiger partial charge in [-0.15, -0.1) is 0 Å². The Labute approximate surface area is 112 Å². The minimum Gasteiger partial charge on any atom is -0.352 e. The summed E-state index contributed by atoms with van der Waals surface area (Å²) >= 11 is 3.39. The van der Waals surface area contributed by atoms with Gasteiger partial charge in [0.25, 0.3) is 5.91 Å². The maximum Gasteiger partial charge on any atom is 0.251 e. The molecule has 0 aliphatic heterocycles. The molecule has 1 amide bonds. The highest BCUT2D eigenvalue weighted by Crippen LogP contribution is 2.15. The molecule has 0 radical (unpaired) electrons. The second kappa shape index (κ2) is 6.80. The van der Waals surface area contributed by atoms with E-state index in [9.17, 15) is 4.79 Å². The van der Waals surface area contributed by atoms with Crippen LogP contribution in [0.3, 0.4) is 0 Å². The topological polar surface area (TPSA) is 29.1 Å². The molecule has 0 bridgehead atoms. The first-order valence-electron chi connectivity index (χ1n) is 6.05. The standard InChI is InChI=1S/C14H20BrNO/c1-10(2)5-4-8-16-14(17)13-9-12(15)7-6-11(13)3/h6-7,9-10H,4-5,8H2,1-3H3,(H,16,17). The van der Waals surface area contributed by atoms with Crippen molar-refractivity contribution in [2.45, 2.75) is 33.6 Å². The molecule has 0 unspecified atom stereocenters. The summed E-state index contributed by atoms with van der Waals surface area (Å²) in [7, 11) is 0. The molecule has 0 saturated heterocycles. The Morgan fingerprint density at radius 3 is 2.76 bits per heavy atom. The van der Waals surface area contributed by atoms with Crippen LogP contribution in [-0.2, 0) is 0 Å². The van der Waals surface area contributed by atoms with Gasteiger partial charge in [0, 0.05) is 16.6 Å². The van der Waals surface area contributed by atoms with Crippen molar-refractivity contribution in [3.8, 4) is 0 Å². The van der Waals surface area contributed by atoms with E-state index in [4.69, 9.17) is 0 Å². The lowest BCUT2D eigenvalue weighted by atomic mass is 10.1. The SMILES string of the molecule is Cc1ccc(Br)cc1C(=O)NCCCC(C)C. The number of carbonyl (C=O) groups is 1. The average Bonchev–Trinajstić information content (AvgIpc) is 2.27. The van der Waals surface area contributed by atoms with Gasteiger partial charge in [0.15, 0.2) is 0 Å². The maximum absolute atomic E-state index is 11.9. The molecule has 17 heavy (non-hydrogen) atoms. The van der Waals surface area contributed by atoms with Crippen molar-refractivity contribution in [2.24, 2.45) is 5.92 Å². The van der Waals surface area contributed by atoms with Crippen LogP contribution < -0.4 is 5.32 Å². The molecule has 1 aromatic carbocycles. The summed E-state index contributed by atoms with van der Waals surface area (Å²) in [5, 5.41) is 2.96. The van der Waals surface area contributed by atoms with Gasteiger partial charge in [0.1, 0.15) is 0 Å². The minimum atomic E-state index is 0.0209. The molecule has 0 atom stereocenters. The van der Waals surface area contributed by atoms with Crippen molar-refractivity contribution < 1.29 is 4.79 Å². The molecule has 94 valence electrons. The van der Waals surface area contributed by atoms with Crippen molar-refractivity contribution in [3.63, 3.8) is 0 Å². The summed E-state index contributed by atoms with van der Waals surface area (Å²) in [5.74, 6) is 0.715. The number of nitrogens with one attached hydrogen (secondary N) is 1. The van der Waals surface area contributed by atoms with E-state index in [0.717, 1.165) is 35.0 Å². The normalized spacial score (nSPS) is 10.6. The van der Waals surface area contributed by atoms with Gasteiger partial charge < -0.3 is 5.32 Å². The number of hydrogen-bond acceptors (Lipinski definition) is 1. The predicted molar refractivity (Wildman–Crippen MR) is 75.3 cm³/mol. The van der Waals surface area contributed by atoms with Crippen molar-refractivity contribution >= 4 is 21.8 Å². The van der Waals surface area contributed by atoms with Gasteiger partial charge in [-0.3, -0.25) is 4.79 Å². The van der Waals surface area contributed by atoms with E-state index in [1.54, 1.807) is 0 Å². The Bertz CT molecular complexity index is 388. The van der Waals surface area contributed by atoms with Crippen LogP contribution in [0.25, 0.3) is 0 Å². The largest absolute Gasteiger partial charge is 0.352 e. The lowest BCUT2D eigenvalue weighted by molar-refractivity contribution is 0.0952. The predicted octanol–water partition coefficient (Wildman–Crippen LogP) is 3.92. The summed E-state index contributed by atoms with van der Waals surface area (Å²) in [6.07, 6.45) is 2.19. The lowest BCUT2D eigenvalue weighted by Gasteiger charge is -2.09. The Hall–Kier alpha value is -0.830. The van der Waals surface area contributed by atoms with Gasteiger partial charge in [0.05, 0.1) is 0 Å².